The third-order valence-corrected chi connectivity index (χ3v) is 5.19. The van der Waals surface area contributed by atoms with Crippen LogP contribution in [0.15, 0.2) is 47.2 Å². The summed E-state index contributed by atoms with van der Waals surface area (Å²) in [6.07, 6.45) is 0. The molecule has 20 heavy (non-hydrogen) atoms. The van der Waals surface area contributed by atoms with E-state index < -0.39 is 0 Å². The van der Waals surface area contributed by atoms with Crippen LogP contribution in [0.5, 0.6) is 5.75 Å². The normalized spacial score (nSPS) is 12.1. The fourth-order valence-electron chi connectivity index (χ4n) is 1.87. The number of nitrogens with one attached hydrogen (secondary N) is 1. The van der Waals surface area contributed by atoms with Gasteiger partial charge in [-0.1, -0.05) is 0 Å². The molecule has 2 aromatic carbocycles. The maximum atomic E-state index is 9.70. The Hall–Kier alpha value is -0.881. The number of halogens is 2. The third-order valence-electron chi connectivity index (χ3n) is 2.85. The van der Waals surface area contributed by atoms with Crippen molar-refractivity contribution in [2.75, 3.05) is 5.32 Å². The van der Waals surface area contributed by atoms with Crippen molar-refractivity contribution in [3.8, 4) is 5.75 Å². The van der Waals surface area contributed by atoms with Gasteiger partial charge in [0.25, 0.3) is 0 Å². The Morgan fingerprint density at radius 1 is 1.15 bits per heavy atom. The topological polar surface area (TPSA) is 57.0 Å². The molecule has 102 valence electrons. The number of hydrogen-bond donors (Lipinski definition) is 2. The minimum atomic E-state index is -0.0231. The van der Waals surface area contributed by atoms with Crippen LogP contribution in [0.1, 0.15) is 5.56 Å². The summed E-state index contributed by atoms with van der Waals surface area (Å²) in [5.74, 6) is 0.214. The Bertz CT molecular complexity index is 734. The van der Waals surface area contributed by atoms with E-state index in [1.807, 2.05) is 30.3 Å². The summed E-state index contributed by atoms with van der Waals surface area (Å²) in [6.45, 7) is 0.649. The molecule has 0 aliphatic carbocycles. The first-order valence-corrected chi connectivity index (χ1v) is 8.89. The maximum absolute atomic E-state index is 9.70. The molecule has 1 heterocycles. The van der Waals surface area contributed by atoms with Crippen LogP contribution in [0.2, 0.25) is 0 Å². The van der Waals surface area contributed by atoms with E-state index in [1.54, 1.807) is 0 Å². The molecular formula is C13H9Br2N3OSe. The van der Waals surface area contributed by atoms with Gasteiger partial charge in [-0.25, -0.2) is 0 Å². The summed E-state index contributed by atoms with van der Waals surface area (Å²) in [5, 5.41) is 13.1. The monoisotopic (exact) mass is 461 g/mol. The van der Waals surface area contributed by atoms with E-state index in [9.17, 15) is 5.11 Å². The second-order valence-corrected chi connectivity index (χ2v) is 7.02. The van der Waals surface area contributed by atoms with Crippen LogP contribution >= 0.6 is 31.9 Å². The molecule has 7 heteroatoms. The van der Waals surface area contributed by atoms with Gasteiger partial charge in [-0.05, 0) is 0 Å². The van der Waals surface area contributed by atoms with E-state index in [2.05, 4.69) is 45.1 Å². The molecule has 2 aromatic rings. The van der Waals surface area contributed by atoms with Crippen LogP contribution in [0.3, 0.4) is 0 Å². The van der Waals surface area contributed by atoms with Gasteiger partial charge in [0.2, 0.25) is 0 Å². The van der Waals surface area contributed by atoms with Crippen molar-refractivity contribution in [3.05, 3.63) is 44.8 Å². The molecule has 4 nitrogen and oxygen atoms in total. The molecule has 0 saturated heterocycles. The van der Waals surface area contributed by atoms with Crippen LogP contribution in [0, 0.1) is 0 Å². The molecule has 1 aliphatic rings. The van der Waals surface area contributed by atoms with Crippen LogP contribution in [-0.2, 0) is 6.54 Å². The van der Waals surface area contributed by atoms with Crippen molar-refractivity contribution in [2.24, 2.45) is 7.92 Å². The predicted molar refractivity (Wildman–Crippen MR) is 87.2 cm³/mol. The van der Waals surface area contributed by atoms with Gasteiger partial charge in [0.1, 0.15) is 0 Å². The van der Waals surface area contributed by atoms with Gasteiger partial charge >= 0.3 is 139 Å². The molecule has 0 radical (unpaired) electrons. The van der Waals surface area contributed by atoms with Crippen molar-refractivity contribution >= 4 is 63.5 Å². The zero-order valence-electron chi connectivity index (χ0n) is 10.1. The Balaban J connectivity index is 1.81. The first-order valence-electron chi connectivity index (χ1n) is 5.77. The zero-order chi connectivity index (χ0) is 14.1. The summed E-state index contributed by atoms with van der Waals surface area (Å²) >= 11 is 6.65. The predicted octanol–water partition coefficient (Wildman–Crippen LogP) is 4.88. The molecular weight excluding hydrogens is 453 g/mol. The molecule has 3 rings (SSSR count). The fourth-order valence-corrected chi connectivity index (χ4v) is 4.30. The Kier molecular flexibility index (Phi) is 4.12. The Morgan fingerprint density at radius 3 is 2.65 bits per heavy atom. The SMILES string of the molecule is Oc1c(Br)cc(CNc2cccc3c2N=[Se]=N3)cc1Br. The molecule has 0 unspecified atom stereocenters. The van der Waals surface area contributed by atoms with E-state index in [-0.39, 0.29) is 20.3 Å². The number of rotatable bonds is 3. The van der Waals surface area contributed by atoms with E-state index >= 15 is 0 Å². The standard InChI is InChI=1S/C13H9Br2N3OSe/c14-8-4-7(5-9(15)13(8)19)6-16-10-2-1-3-11-12(10)18-20-17-11/h1-5,16,19H,6H2. The fraction of sp³-hybridized carbons (Fsp3) is 0.0769. The number of anilines is 1. The summed E-state index contributed by atoms with van der Waals surface area (Å²) in [6, 6.07) is 9.74. The first-order chi connectivity index (χ1) is 9.65. The first kappa shape index (κ1) is 14.1. The molecule has 2 N–H and O–H groups in total. The van der Waals surface area contributed by atoms with E-state index in [4.69, 9.17) is 0 Å². The molecule has 0 amide bonds. The number of hydrogen-bond acceptors (Lipinski definition) is 4. The number of phenols is 1. The summed E-state index contributed by atoms with van der Waals surface area (Å²) < 4.78 is 10.1. The average molecular weight is 462 g/mol. The molecule has 1 aliphatic heterocycles. The molecule has 0 bridgehead atoms. The third kappa shape index (κ3) is 2.76. The van der Waals surface area contributed by atoms with Crippen molar-refractivity contribution in [2.45, 2.75) is 6.54 Å². The van der Waals surface area contributed by atoms with Crippen molar-refractivity contribution in [3.63, 3.8) is 0 Å². The molecule has 0 fully saturated rings. The minimum absolute atomic E-state index is 0.0231. The number of benzene rings is 2. The number of aromatic hydroxyl groups is 1. The van der Waals surface area contributed by atoms with Crippen molar-refractivity contribution in [1.29, 1.82) is 0 Å². The van der Waals surface area contributed by atoms with Gasteiger partial charge in [0, 0.05) is 0 Å². The van der Waals surface area contributed by atoms with Gasteiger partial charge in [-0.3, -0.25) is 0 Å². The molecule has 0 aromatic heterocycles. The van der Waals surface area contributed by atoms with Gasteiger partial charge in [-0.15, -0.1) is 0 Å². The zero-order valence-corrected chi connectivity index (χ0v) is 15.0. The van der Waals surface area contributed by atoms with Crippen LogP contribution < -0.4 is 5.32 Å². The average Bonchev–Trinajstić information content (AvgIpc) is 2.91. The Morgan fingerprint density at radius 2 is 1.90 bits per heavy atom. The summed E-state index contributed by atoms with van der Waals surface area (Å²) in [4.78, 5) is 0. The van der Waals surface area contributed by atoms with Crippen LogP contribution in [-0.4, -0.2) is 19.7 Å². The van der Waals surface area contributed by atoms with Crippen LogP contribution in [0.25, 0.3) is 0 Å². The quantitative estimate of drug-likeness (QED) is 0.546. The second-order valence-electron chi connectivity index (χ2n) is 4.20. The number of fused-ring (bicyclic) bond motifs is 1. The van der Waals surface area contributed by atoms with Gasteiger partial charge in [0.05, 0.1) is 0 Å². The molecule has 0 atom stereocenters. The van der Waals surface area contributed by atoms with E-state index in [0.717, 1.165) is 22.6 Å². The van der Waals surface area contributed by atoms with Crippen molar-refractivity contribution in [1.82, 2.24) is 0 Å². The molecule has 0 spiro atoms. The van der Waals surface area contributed by atoms with Gasteiger partial charge in [-0.2, -0.15) is 0 Å². The van der Waals surface area contributed by atoms with Gasteiger partial charge < -0.3 is 0 Å². The molecule has 0 saturated carbocycles. The van der Waals surface area contributed by atoms with Gasteiger partial charge in [0.15, 0.2) is 0 Å². The summed E-state index contributed by atoms with van der Waals surface area (Å²) in [5.41, 5.74) is 3.96. The van der Waals surface area contributed by atoms with Crippen LogP contribution in [0.4, 0.5) is 17.1 Å². The second kappa shape index (κ2) is 5.85. The number of nitrogens with zero attached hydrogens (tertiary/aromatic N) is 2. The summed E-state index contributed by atoms with van der Waals surface area (Å²) in [7, 11) is 0. The van der Waals surface area contributed by atoms with E-state index in [0.29, 0.717) is 15.5 Å². The van der Waals surface area contributed by atoms with E-state index in [1.165, 1.54) is 0 Å². The number of phenolic OH excluding ortho intramolecular Hbond substituents is 1. The van der Waals surface area contributed by atoms with Crippen molar-refractivity contribution < 1.29 is 5.11 Å². The Labute approximate surface area is 138 Å².